The predicted molar refractivity (Wildman–Crippen MR) is 100 cm³/mol. The topological polar surface area (TPSA) is 75.2 Å². The Labute approximate surface area is 152 Å². The van der Waals surface area contributed by atoms with E-state index < -0.39 is 0 Å². The van der Waals surface area contributed by atoms with Crippen molar-refractivity contribution in [3.05, 3.63) is 34.3 Å². The number of amides is 2. The minimum Gasteiger partial charge on any atom is -0.312 e. The van der Waals surface area contributed by atoms with E-state index in [1.54, 1.807) is 22.4 Å². The normalized spacial score (nSPS) is 17.4. The smallest absolute Gasteiger partial charge is 0.231 e. The summed E-state index contributed by atoms with van der Waals surface area (Å²) >= 11 is 3.06. The van der Waals surface area contributed by atoms with Crippen LogP contribution in [0.2, 0.25) is 0 Å². The summed E-state index contributed by atoms with van der Waals surface area (Å²) in [5.41, 5.74) is 1.68. The lowest BCUT2D eigenvalue weighted by Gasteiger charge is -2.16. The Morgan fingerprint density at radius 2 is 2.16 bits per heavy atom. The first-order valence-electron chi connectivity index (χ1n) is 7.90. The third-order valence-corrected chi connectivity index (χ3v) is 5.92. The van der Waals surface area contributed by atoms with Gasteiger partial charge in [0, 0.05) is 29.7 Å². The van der Waals surface area contributed by atoms with Crippen LogP contribution in [-0.4, -0.2) is 28.3 Å². The van der Waals surface area contributed by atoms with Crippen LogP contribution in [0.1, 0.15) is 16.3 Å². The van der Waals surface area contributed by atoms with E-state index in [4.69, 9.17) is 0 Å². The molecular weight excluding hydrogens is 356 g/mol. The van der Waals surface area contributed by atoms with Crippen molar-refractivity contribution in [2.24, 2.45) is 5.92 Å². The zero-order chi connectivity index (χ0) is 17.6. The van der Waals surface area contributed by atoms with Crippen molar-refractivity contribution in [2.75, 3.05) is 16.8 Å². The highest BCUT2D eigenvalue weighted by atomic mass is 32.1. The Bertz CT molecular complexity index is 978. The molecule has 2 amide bonds. The number of thiazole rings is 2. The second-order valence-electron chi connectivity index (χ2n) is 6.06. The van der Waals surface area contributed by atoms with Gasteiger partial charge in [-0.25, -0.2) is 9.97 Å². The van der Waals surface area contributed by atoms with Crippen LogP contribution >= 0.6 is 22.7 Å². The number of nitrogens with zero attached hydrogens (tertiary/aromatic N) is 3. The summed E-state index contributed by atoms with van der Waals surface area (Å²) < 4.78 is 1.10. The van der Waals surface area contributed by atoms with Crippen LogP contribution in [0.15, 0.2) is 24.4 Å². The van der Waals surface area contributed by atoms with Gasteiger partial charge in [0.15, 0.2) is 5.13 Å². The average Bonchev–Trinajstić information content (AvgIpc) is 3.24. The number of aromatic nitrogens is 2. The van der Waals surface area contributed by atoms with E-state index in [1.807, 2.05) is 32.0 Å². The molecule has 1 N–H and O–H groups in total. The molecule has 6 nitrogen and oxygen atoms in total. The molecule has 128 valence electrons. The molecular formula is C17H16N4O2S2. The first-order chi connectivity index (χ1) is 12.0. The lowest BCUT2D eigenvalue weighted by molar-refractivity contribution is -0.122. The van der Waals surface area contributed by atoms with Gasteiger partial charge in [0.25, 0.3) is 0 Å². The number of carbonyl (C=O) groups is 2. The van der Waals surface area contributed by atoms with Crippen molar-refractivity contribution >= 4 is 55.5 Å². The van der Waals surface area contributed by atoms with E-state index in [1.165, 1.54) is 11.3 Å². The number of nitrogens with one attached hydrogen (secondary N) is 1. The van der Waals surface area contributed by atoms with Gasteiger partial charge in [-0.2, -0.15) is 0 Å². The monoisotopic (exact) mass is 372 g/mol. The van der Waals surface area contributed by atoms with Crippen molar-refractivity contribution in [1.29, 1.82) is 0 Å². The number of carbonyl (C=O) groups excluding carboxylic acids is 2. The number of hydrogen-bond acceptors (Lipinski definition) is 6. The van der Waals surface area contributed by atoms with E-state index >= 15 is 0 Å². The standard InChI is InChI=1S/C17H16N4O2S2/c1-9-7-18-17(24-9)20-16(23)11-5-15(22)21(8-11)12-3-4-14-13(6-12)19-10(2)25-14/h3-4,6-7,11H,5,8H2,1-2H3,(H,18,20,23). The Morgan fingerprint density at radius 3 is 2.92 bits per heavy atom. The number of benzene rings is 1. The van der Waals surface area contributed by atoms with Gasteiger partial charge in [-0.15, -0.1) is 22.7 Å². The molecule has 0 radical (unpaired) electrons. The summed E-state index contributed by atoms with van der Waals surface area (Å²) in [7, 11) is 0. The van der Waals surface area contributed by atoms with Crippen molar-refractivity contribution in [3.8, 4) is 0 Å². The fourth-order valence-corrected chi connectivity index (χ4v) is 4.43. The molecule has 0 saturated carbocycles. The van der Waals surface area contributed by atoms with E-state index in [9.17, 15) is 9.59 Å². The van der Waals surface area contributed by atoms with Gasteiger partial charge in [0.1, 0.15) is 0 Å². The Balaban J connectivity index is 1.51. The molecule has 0 spiro atoms. The number of anilines is 2. The van der Waals surface area contributed by atoms with Gasteiger partial charge >= 0.3 is 0 Å². The lowest BCUT2D eigenvalue weighted by Crippen LogP contribution is -2.28. The van der Waals surface area contributed by atoms with E-state index in [0.29, 0.717) is 11.7 Å². The van der Waals surface area contributed by atoms with Crippen LogP contribution in [0, 0.1) is 19.8 Å². The summed E-state index contributed by atoms with van der Waals surface area (Å²) in [4.78, 5) is 36.2. The number of rotatable bonds is 3. The van der Waals surface area contributed by atoms with Crippen LogP contribution in [0.5, 0.6) is 0 Å². The Hall–Kier alpha value is -2.32. The first-order valence-corrected chi connectivity index (χ1v) is 9.54. The van der Waals surface area contributed by atoms with E-state index in [-0.39, 0.29) is 24.2 Å². The van der Waals surface area contributed by atoms with Crippen LogP contribution in [-0.2, 0) is 9.59 Å². The highest BCUT2D eigenvalue weighted by molar-refractivity contribution is 7.18. The highest BCUT2D eigenvalue weighted by Crippen LogP contribution is 2.30. The molecule has 1 fully saturated rings. The molecule has 1 atom stereocenters. The molecule has 0 bridgehead atoms. The predicted octanol–water partition coefficient (Wildman–Crippen LogP) is 3.36. The number of aryl methyl sites for hydroxylation is 2. The van der Waals surface area contributed by atoms with E-state index in [2.05, 4.69) is 15.3 Å². The molecule has 25 heavy (non-hydrogen) atoms. The lowest BCUT2D eigenvalue weighted by atomic mass is 10.1. The fraction of sp³-hybridized carbons (Fsp3) is 0.294. The minimum absolute atomic E-state index is 0.0400. The maximum absolute atomic E-state index is 12.4. The maximum Gasteiger partial charge on any atom is 0.231 e. The third kappa shape index (κ3) is 3.14. The maximum atomic E-state index is 12.4. The van der Waals surface area contributed by atoms with Crippen LogP contribution in [0.3, 0.4) is 0 Å². The minimum atomic E-state index is -0.371. The van der Waals surface area contributed by atoms with Crippen molar-refractivity contribution in [2.45, 2.75) is 20.3 Å². The van der Waals surface area contributed by atoms with Crippen LogP contribution in [0.25, 0.3) is 10.2 Å². The van der Waals surface area contributed by atoms with Crippen molar-refractivity contribution < 1.29 is 9.59 Å². The third-order valence-electron chi connectivity index (χ3n) is 4.14. The molecule has 1 aromatic carbocycles. The van der Waals surface area contributed by atoms with E-state index in [0.717, 1.165) is 25.8 Å². The molecule has 1 unspecified atom stereocenters. The quantitative estimate of drug-likeness (QED) is 0.765. The second-order valence-corrected chi connectivity index (χ2v) is 8.53. The van der Waals surface area contributed by atoms with Gasteiger partial charge in [-0.05, 0) is 32.0 Å². The molecule has 8 heteroatoms. The molecule has 1 saturated heterocycles. The summed E-state index contributed by atoms with van der Waals surface area (Å²) in [6.07, 6.45) is 1.93. The van der Waals surface area contributed by atoms with Gasteiger partial charge in [-0.1, -0.05) is 0 Å². The molecule has 3 aromatic rings. The summed E-state index contributed by atoms with van der Waals surface area (Å²) in [5, 5.41) is 4.38. The van der Waals surface area contributed by atoms with Crippen LogP contribution < -0.4 is 10.2 Å². The zero-order valence-corrected chi connectivity index (χ0v) is 15.4. The fourth-order valence-electron chi connectivity index (χ4n) is 2.95. The van der Waals surface area contributed by atoms with Crippen molar-refractivity contribution in [1.82, 2.24) is 9.97 Å². The van der Waals surface area contributed by atoms with Gasteiger partial charge in [0.05, 0.1) is 21.1 Å². The SMILES string of the molecule is Cc1cnc(NC(=O)C2CC(=O)N(c3ccc4sc(C)nc4c3)C2)s1. The van der Waals surface area contributed by atoms with Crippen LogP contribution in [0.4, 0.5) is 10.8 Å². The summed E-state index contributed by atoms with van der Waals surface area (Å²) in [6, 6.07) is 5.82. The molecule has 3 heterocycles. The first kappa shape index (κ1) is 16.2. The highest BCUT2D eigenvalue weighted by Gasteiger charge is 2.35. The zero-order valence-electron chi connectivity index (χ0n) is 13.8. The van der Waals surface area contributed by atoms with Gasteiger partial charge in [0.2, 0.25) is 11.8 Å². The molecule has 2 aromatic heterocycles. The number of hydrogen-bond donors (Lipinski definition) is 1. The summed E-state index contributed by atoms with van der Waals surface area (Å²) in [5.74, 6) is -0.567. The summed E-state index contributed by atoms with van der Waals surface area (Å²) in [6.45, 7) is 4.28. The molecule has 1 aliphatic heterocycles. The largest absolute Gasteiger partial charge is 0.312 e. The van der Waals surface area contributed by atoms with Gasteiger partial charge in [-0.3, -0.25) is 9.59 Å². The molecule has 1 aliphatic rings. The second kappa shape index (κ2) is 6.20. The van der Waals surface area contributed by atoms with Gasteiger partial charge < -0.3 is 10.2 Å². The molecule has 4 rings (SSSR count). The average molecular weight is 372 g/mol. The Morgan fingerprint density at radius 1 is 1.32 bits per heavy atom. The number of fused-ring (bicyclic) bond motifs is 1. The Kier molecular flexibility index (Phi) is 4.01. The molecule has 0 aliphatic carbocycles. The van der Waals surface area contributed by atoms with Crippen molar-refractivity contribution in [3.63, 3.8) is 0 Å².